The van der Waals surface area contributed by atoms with Crippen LogP contribution in [0.2, 0.25) is 0 Å². The molecule has 672 valence electrons. The molecule has 21 aromatic carbocycles. The van der Waals surface area contributed by atoms with E-state index in [1.807, 2.05) is 54.9 Å². The van der Waals surface area contributed by atoms with Crippen molar-refractivity contribution >= 4 is 97.3 Å². The molecule has 0 saturated carbocycles. The Morgan fingerprint density at radius 1 is 0.111 bits per heavy atom. The maximum atomic E-state index is 5.33. The fourth-order valence-electron chi connectivity index (χ4n) is 20.6. The minimum Gasteiger partial charge on any atom is -0.256 e. The standard InChI is InChI=1S/3C46H30N2/c1-3-13-31(14-4-1)45-29-36(30-46(48-45)32-15-5-2-6-16-32)35-25-37(27-38(26-35)44-24-23-33-17-8-12-22-43(33)47-44)42-28-34-18-7-9-19-39(34)40-20-10-11-21-41(40)42;1-3-13-31(14-4-1)35-29-44(32-15-5-2-6-16-32)48-45(30-35)38-26-36(40-23-11-18-33-19-12-24-47-46(33)40)25-37(27-38)43-28-34-17-7-8-20-39(34)41-21-9-10-22-42(41)43;1-3-12-31(13-4-1)45-29-38(30-46(48-45)32-14-5-2-6-15-32)37-24-36(34-22-21-33-17-11-23-47-44(33)28-34)25-39(26-37)43-27-35-16-7-8-18-40(35)41-19-9-10-20-42(41)43/h3*1-30H. The van der Waals surface area contributed by atoms with Crippen molar-refractivity contribution in [2.75, 3.05) is 0 Å². The van der Waals surface area contributed by atoms with E-state index in [0.29, 0.717) is 0 Å². The van der Waals surface area contributed by atoms with Crippen molar-refractivity contribution in [3.05, 3.63) is 546 Å². The Balaban J connectivity index is 0.000000113. The molecule has 6 heterocycles. The van der Waals surface area contributed by atoms with Gasteiger partial charge in [0, 0.05) is 73.1 Å². The Morgan fingerprint density at radius 3 is 0.826 bits per heavy atom. The SMILES string of the molecule is c1ccc(-c2cc(-c3cc(-c4ccc5ccccc5n4)cc(-c4cc5ccccc5c5ccccc45)c3)cc(-c3ccccc3)n2)cc1.c1ccc(-c2cc(-c3cc(-c4ccc5cccnc5c4)cc(-c4cc5ccccc5c5ccccc45)c3)cc(-c3ccccc3)n2)cc1.c1ccc(-c2cc(-c3ccccc3)nc(-c3cc(-c4cc5ccccc5c5ccccc45)cc(-c4cccc5cccnc45)c3)c2)cc1. The molecule has 6 heteroatoms. The van der Waals surface area contributed by atoms with Gasteiger partial charge in [-0.2, -0.15) is 0 Å². The van der Waals surface area contributed by atoms with E-state index in [-0.39, 0.29) is 0 Å². The lowest BCUT2D eigenvalue weighted by molar-refractivity contribution is 1.32. The van der Waals surface area contributed by atoms with Crippen molar-refractivity contribution in [3.63, 3.8) is 0 Å². The first-order valence-electron chi connectivity index (χ1n) is 49.0. The van der Waals surface area contributed by atoms with Crippen LogP contribution in [0.5, 0.6) is 0 Å². The van der Waals surface area contributed by atoms with E-state index >= 15 is 0 Å². The second-order valence-electron chi connectivity index (χ2n) is 36.7. The molecule has 6 nitrogen and oxygen atoms in total. The maximum absolute atomic E-state index is 5.33. The van der Waals surface area contributed by atoms with E-state index in [4.69, 9.17) is 24.9 Å². The third kappa shape index (κ3) is 17.4. The lowest BCUT2D eigenvalue weighted by Crippen LogP contribution is -1.94. The average Bonchev–Trinajstić information content (AvgIpc) is 0.754. The summed E-state index contributed by atoms with van der Waals surface area (Å²) in [6.45, 7) is 0. The van der Waals surface area contributed by atoms with Crippen molar-refractivity contribution in [2.24, 2.45) is 0 Å². The summed E-state index contributed by atoms with van der Waals surface area (Å²) in [5, 5.41) is 18.3. The molecule has 0 unspecified atom stereocenters. The summed E-state index contributed by atoms with van der Waals surface area (Å²) >= 11 is 0. The van der Waals surface area contributed by atoms with E-state index in [1.165, 1.54) is 86.9 Å². The first kappa shape index (κ1) is 86.4. The van der Waals surface area contributed by atoms with Gasteiger partial charge in [-0.25, -0.2) is 19.9 Å². The number of fused-ring (bicyclic) bond motifs is 12. The molecule has 27 aromatic rings. The highest BCUT2D eigenvalue weighted by Gasteiger charge is 2.23. The highest BCUT2D eigenvalue weighted by molar-refractivity contribution is 6.17. The molecule has 0 amide bonds. The summed E-state index contributed by atoms with van der Waals surface area (Å²) < 4.78 is 0. The second-order valence-corrected chi connectivity index (χ2v) is 36.7. The van der Waals surface area contributed by atoms with Crippen LogP contribution in [0.3, 0.4) is 0 Å². The Labute approximate surface area is 835 Å². The van der Waals surface area contributed by atoms with Crippen LogP contribution in [-0.4, -0.2) is 29.9 Å². The Bertz CT molecular complexity index is 9010. The molecule has 0 fully saturated rings. The Hall–Kier alpha value is -19.1. The van der Waals surface area contributed by atoms with E-state index in [2.05, 4.69) is 496 Å². The number of benzene rings is 21. The minimum absolute atomic E-state index is 0.927. The van der Waals surface area contributed by atoms with Crippen LogP contribution in [0, 0.1) is 0 Å². The first-order valence-corrected chi connectivity index (χ1v) is 49.0. The van der Waals surface area contributed by atoms with Gasteiger partial charge >= 0.3 is 0 Å². The van der Waals surface area contributed by atoms with Gasteiger partial charge < -0.3 is 0 Å². The maximum Gasteiger partial charge on any atom is 0.0780 e. The van der Waals surface area contributed by atoms with Crippen molar-refractivity contribution in [2.45, 2.75) is 0 Å². The number of para-hydroxylation sites is 2. The monoisotopic (exact) mass is 1830 g/mol. The smallest absolute Gasteiger partial charge is 0.0780 e. The summed E-state index contributed by atoms with van der Waals surface area (Å²) in [4.78, 5) is 30.3. The van der Waals surface area contributed by atoms with Gasteiger partial charge in [-0.1, -0.05) is 394 Å². The van der Waals surface area contributed by atoms with Crippen molar-refractivity contribution in [3.8, 4) is 168 Å². The zero-order valence-electron chi connectivity index (χ0n) is 78.6. The van der Waals surface area contributed by atoms with E-state index in [9.17, 15) is 0 Å². The quantitative estimate of drug-likeness (QED) is 0.0952. The predicted octanol–water partition coefficient (Wildman–Crippen LogP) is 36.8. The summed E-state index contributed by atoms with van der Waals surface area (Å²) in [5.74, 6) is 0. The van der Waals surface area contributed by atoms with Crippen LogP contribution in [0.15, 0.2) is 546 Å². The van der Waals surface area contributed by atoms with Crippen LogP contribution >= 0.6 is 0 Å². The van der Waals surface area contributed by atoms with Crippen molar-refractivity contribution in [1.82, 2.24) is 29.9 Å². The molecule has 0 aliphatic rings. The summed E-state index contributed by atoms with van der Waals surface area (Å²) in [5.41, 5.74) is 35.5. The van der Waals surface area contributed by atoms with Crippen LogP contribution in [0.4, 0.5) is 0 Å². The molecular formula is C138H90N6. The zero-order chi connectivity index (χ0) is 95.6. The number of hydrogen-bond donors (Lipinski definition) is 0. The lowest BCUT2D eigenvalue weighted by atomic mass is 9.89. The summed E-state index contributed by atoms with van der Waals surface area (Å²) in [7, 11) is 0. The van der Waals surface area contributed by atoms with Crippen LogP contribution in [0.1, 0.15) is 0 Å². The third-order valence-electron chi connectivity index (χ3n) is 27.7. The fraction of sp³-hybridized carbons (Fsp3) is 0. The van der Waals surface area contributed by atoms with Gasteiger partial charge in [-0.3, -0.25) is 9.97 Å². The fourth-order valence-corrected chi connectivity index (χ4v) is 20.6. The normalized spacial score (nSPS) is 11.3. The molecule has 0 N–H and O–H groups in total. The molecule has 0 atom stereocenters. The summed E-state index contributed by atoms with van der Waals surface area (Å²) in [6.07, 6.45) is 3.74. The van der Waals surface area contributed by atoms with Crippen molar-refractivity contribution in [1.29, 1.82) is 0 Å². The first-order chi connectivity index (χ1) is 71.3. The molecule has 0 aliphatic carbocycles. The molecule has 0 spiro atoms. The average molecular weight is 1830 g/mol. The van der Waals surface area contributed by atoms with Crippen molar-refractivity contribution < 1.29 is 0 Å². The minimum atomic E-state index is 0.927. The van der Waals surface area contributed by atoms with Crippen LogP contribution < -0.4 is 0 Å². The van der Waals surface area contributed by atoms with Gasteiger partial charge in [0.25, 0.3) is 0 Å². The van der Waals surface area contributed by atoms with E-state index in [1.54, 1.807) is 0 Å². The highest BCUT2D eigenvalue weighted by atomic mass is 14.7. The van der Waals surface area contributed by atoms with Gasteiger partial charge in [-0.15, -0.1) is 0 Å². The van der Waals surface area contributed by atoms with Crippen LogP contribution in [0.25, 0.3) is 265 Å². The zero-order valence-corrected chi connectivity index (χ0v) is 78.6. The van der Waals surface area contributed by atoms with Gasteiger partial charge in [-0.05, 0) is 288 Å². The Kier molecular flexibility index (Phi) is 23.0. The number of nitrogens with zero attached hydrogens (tertiary/aromatic N) is 6. The third-order valence-corrected chi connectivity index (χ3v) is 27.7. The number of hydrogen-bond acceptors (Lipinski definition) is 6. The van der Waals surface area contributed by atoms with Crippen LogP contribution in [-0.2, 0) is 0 Å². The lowest BCUT2D eigenvalue weighted by Gasteiger charge is -2.16. The molecule has 0 aliphatic heterocycles. The molecule has 27 rings (SSSR count). The highest BCUT2D eigenvalue weighted by Crippen LogP contribution is 2.47. The number of aromatic nitrogens is 6. The van der Waals surface area contributed by atoms with Gasteiger partial charge in [0.05, 0.1) is 56.4 Å². The molecular weight excluding hydrogens is 1740 g/mol. The predicted molar refractivity (Wildman–Crippen MR) is 605 cm³/mol. The van der Waals surface area contributed by atoms with E-state index < -0.39 is 0 Å². The number of pyridine rings is 6. The molecule has 0 saturated heterocycles. The van der Waals surface area contributed by atoms with Gasteiger partial charge in [0.15, 0.2) is 0 Å². The second kappa shape index (κ2) is 38.3. The van der Waals surface area contributed by atoms with E-state index in [0.717, 1.165) is 178 Å². The molecule has 6 aromatic heterocycles. The molecule has 0 radical (unpaired) electrons. The Morgan fingerprint density at radius 2 is 0.389 bits per heavy atom. The summed E-state index contributed by atoms with van der Waals surface area (Å²) in [6, 6.07) is 190. The molecule has 144 heavy (non-hydrogen) atoms. The number of rotatable bonds is 15. The topological polar surface area (TPSA) is 77.3 Å². The van der Waals surface area contributed by atoms with Gasteiger partial charge in [0.1, 0.15) is 0 Å². The van der Waals surface area contributed by atoms with Gasteiger partial charge in [0.2, 0.25) is 0 Å². The molecule has 0 bridgehead atoms. The largest absolute Gasteiger partial charge is 0.256 e.